The molecule has 4 rings (SSSR count). The van der Waals surface area contributed by atoms with Gasteiger partial charge in [0.15, 0.2) is 0 Å². The third-order valence-corrected chi connectivity index (χ3v) is 9.08. The highest BCUT2D eigenvalue weighted by atomic mass is 32.2. The smallest absolute Gasteiger partial charge is 0.264 e. The summed E-state index contributed by atoms with van der Waals surface area (Å²) in [7, 11) is -2.27. The lowest BCUT2D eigenvalue weighted by Crippen LogP contribution is -2.26. The van der Waals surface area contributed by atoms with Crippen LogP contribution in [0.3, 0.4) is 0 Å². The number of nitrogens with one attached hydrogen (secondary N) is 2. The van der Waals surface area contributed by atoms with E-state index in [0.29, 0.717) is 23.7 Å². The predicted molar refractivity (Wildman–Crippen MR) is 159 cm³/mol. The topological polar surface area (TPSA) is 100 Å². The number of carbonyl (C=O) groups excluding carboxylic acids is 1. The van der Waals surface area contributed by atoms with Crippen molar-refractivity contribution in [1.82, 2.24) is 0 Å². The molecule has 2 aromatic carbocycles. The third-order valence-electron chi connectivity index (χ3n) is 7.28. The SMILES string of the molecule is CN(c1ccc(NCC2CCOCC2)c(N=C2CC2(C)C)c1)S(=O)(=O)c1ccc(NC(=O)CC(C)(C)C)cc1. The molecule has 212 valence electrons. The Morgan fingerprint density at radius 1 is 1.10 bits per heavy atom. The van der Waals surface area contributed by atoms with Gasteiger partial charge in [-0.15, -0.1) is 0 Å². The van der Waals surface area contributed by atoms with E-state index in [0.717, 1.165) is 56.1 Å². The van der Waals surface area contributed by atoms with Crippen LogP contribution in [0.4, 0.5) is 22.7 Å². The minimum atomic E-state index is -3.82. The van der Waals surface area contributed by atoms with Crippen LogP contribution < -0.4 is 14.9 Å². The van der Waals surface area contributed by atoms with E-state index in [1.807, 2.05) is 39.0 Å². The van der Waals surface area contributed by atoms with Crippen LogP contribution in [-0.2, 0) is 19.6 Å². The Kier molecular flexibility index (Phi) is 8.42. The van der Waals surface area contributed by atoms with Crippen molar-refractivity contribution in [3.8, 4) is 0 Å². The number of rotatable bonds is 9. The average Bonchev–Trinajstić information content (AvgIpc) is 3.47. The maximum Gasteiger partial charge on any atom is 0.264 e. The molecule has 0 spiro atoms. The molecule has 0 bridgehead atoms. The van der Waals surface area contributed by atoms with E-state index in [4.69, 9.17) is 9.73 Å². The summed E-state index contributed by atoms with van der Waals surface area (Å²) in [5.74, 6) is 0.439. The largest absolute Gasteiger partial charge is 0.383 e. The molecule has 2 aliphatic rings. The zero-order chi connectivity index (χ0) is 28.4. The molecular formula is C30H42N4O4S. The van der Waals surface area contributed by atoms with E-state index >= 15 is 0 Å². The Labute approximate surface area is 233 Å². The van der Waals surface area contributed by atoms with Crippen molar-refractivity contribution < 1.29 is 17.9 Å². The molecule has 0 radical (unpaired) electrons. The van der Waals surface area contributed by atoms with Gasteiger partial charge >= 0.3 is 0 Å². The van der Waals surface area contributed by atoms with Crippen molar-refractivity contribution >= 4 is 44.4 Å². The number of hydrogen-bond donors (Lipinski definition) is 2. The second-order valence-electron chi connectivity index (χ2n) is 12.5. The van der Waals surface area contributed by atoms with Crippen LogP contribution in [0.15, 0.2) is 52.4 Å². The molecule has 0 unspecified atom stereocenters. The summed E-state index contributed by atoms with van der Waals surface area (Å²) in [4.78, 5) is 17.3. The summed E-state index contributed by atoms with van der Waals surface area (Å²) >= 11 is 0. The van der Waals surface area contributed by atoms with Crippen molar-refractivity contribution in [3.05, 3.63) is 42.5 Å². The molecule has 1 saturated heterocycles. The third kappa shape index (κ3) is 7.60. The summed E-state index contributed by atoms with van der Waals surface area (Å²) in [5.41, 5.74) is 3.81. The first kappa shape index (κ1) is 29.1. The van der Waals surface area contributed by atoms with Crippen LogP contribution in [0.5, 0.6) is 0 Å². The molecule has 9 heteroatoms. The van der Waals surface area contributed by atoms with Crippen molar-refractivity contribution in [3.63, 3.8) is 0 Å². The van der Waals surface area contributed by atoms with Crippen molar-refractivity contribution in [2.45, 2.75) is 65.2 Å². The molecule has 39 heavy (non-hydrogen) atoms. The van der Waals surface area contributed by atoms with Gasteiger partial charge in [0.1, 0.15) is 0 Å². The highest BCUT2D eigenvalue weighted by Gasteiger charge is 2.41. The van der Waals surface area contributed by atoms with Crippen molar-refractivity contribution in [2.24, 2.45) is 21.7 Å². The first-order chi connectivity index (χ1) is 18.2. The Hall–Kier alpha value is -2.91. The number of benzene rings is 2. The lowest BCUT2D eigenvalue weighted by Gasteiger charge is -2.24. The molecule has 8 nitrogen and oxygen atoms in total. The predicted octanol–water partition coefficient (Wildman–Crippen LogP) is 6.23. The Balaban J connectivity index is 1.52. The minimum Gasteiger partial charge on any atom is -0.383 e. The lowest BCUT2D eigenvalue weighted by atomic mass is 9.92. The van der Waals surface area contributed by atoms with Gasteiger partial charge in [-0.25, -0.2) is 8.42 Å². The van der Waals surface area contributed by atoms with Gasteiger partial charge in [-0.1, -0.05) is 34.6 Å². The number of carbonyl (C=O) groups is 1. The molecule has 0 atom stereocenters. The summed E-state index contributed by atoms with van der Waals surface area (Å²) in [6.07, 6.45) is 3.37. The monoisotopic (exact) mass is 554 g/mol. The van der Waals surface area contributed by atoms with Gasteiger partial charge < -0.3 is 15.4 Å². The minimum absolute atomic E-state index is 0.0794. The van der Waals surface area contributed by atoms with E-state index in [9.17, 15) is 13.2 Å². The molecule has 2 N–H and O–H groups in total. The molecule has 1 heterocycles. The van der Waals surface area contributed by atoms with Crippen LogP contribution in [0.2, 0.25) is 0 Å². The van der Waals surface area contributed by atoms with Crippen LogP contribution in [0.25, 0.3) is 0 Å². The van der Waals surface area contributed by atoms with Crippen LogP contribution in [0.1, 0.15) is 60.3 Å². The number of aliphatic imine (C=N–C) groups is 1. The number of nitrogens with zero attached hydrogens (tertiary/aromatic N) is 2. The Morgan fingerprint density at radius 2 is 1.74 bits per heavy atom. The fourth-order valence-corrected chi connectivity index (χ4v) is 5.75. The van der Waals surface area contributed by atoms with Gasteiger partial charge in [0.25, 0.3) is 10.0 Å². The zero-order valence-electron chi connectivity index (χ0n) is 24.0. The van der Waals surface area contributed by atoms with E-state index < -0.39 is 10.0 Å². The van der Waals surface area contributed by atoms with Gasteiger partial charge in [-0.3, -0.25) is 14.1 Å². The fourth-order valence-electron chi connectivity index (χ4n) is 4.57. The molecule has 1 aliphatic heterocycles. The molecule has 1 aliphatic carbocycles. The summed E-state index contributed by atoms with van der Waals surface area (Å²) < 4.78 is 33.8. The zero-order valence-corrected chi connectivity index (χ0v) is 24.8. The van der Waals surface area contributed by atoms with E-state index in [-0.39, 0.29) is 21.6 Å². The lowest BCUT2D eigenvalue weighted by molar-refractivity contribution is -0.117. The standard InChI is InChI=1S/C30H42N4O4S/c1-29(2,3)19-28(35)32-22-7-10-24(11-8-22)39(36,37)34(6)23-9-12-25(31-20-21-13-15-38-16-14-21)26(17-23)33-27-18-30(27,4)5/h7-12,17,21,31H,13-16,18-20H2,1-6H3,(H,32,35). The van der Waals surface area contributed by atoms with Crippen molar-refractivity contribution in [2.75, 3.05) is 41.7 Å². The quantitative estimate of drug-likeness (QED) is 0.383. The van der Waals surface area contributed by atoms with Crippen LogP contribution in [-0.4, -0.2) is 46.8 Å². The first-order valence-electron chi connectivity index (χ1n) is 13.7. The van der Waals surface area contributed by atoms with Crippen molar-refractivity contribution in [1.29, 1.82) is 0 Å². The molecule has 2 aromatic rings. The van der Waals surface area contributed by atoms with E-state index in [2.05, 4.69) is 24.5 Å². The number of sulfonamides is 1. The van der Waals surface area contributed by atoms with Gasteiger partial charge in [0, 0.05) is 50.0 Å². The molecule has 2 fully saturated rings. The average molecular weight is 555 g/mol. The number of ether oxygens (including phenoxy) is 1. The van der Waals surface area contributed by atoms with Gasteiger partial charge in [-0.05, 0) is 73.1 Å². The van der Waals surface area contributed by atoms with E-state index in [1.54, 1.807) is 19.2 Å². The maximum absolute atomic E-state index is 13.5. The molecule has 0 aromatic heterocycles. The number of anilines is 3. The normalized spacial score (nSPS) is 18.6. The van der Waals surface area contributed by atoms with Crippen LogP contribution >= 0.6 is 0 Å². The summed E-state index contributed by atoms with van der Waals surface area (Å²) in [5, 5.41) is 6.39. The summed E-state index contributed by atoms with van der Waals surface area (Å²) in [6.45, 7) is 12.7. The second-order valence-corrected chi connectivity index (χ2v) is 14.5. The fraction of sp³-hybridized carbons (Fsp3) is 0.533. The first-order valence-corrected chi connectivity index (χ1v) is 15.1. The number of hydrogen-bond acceptors (Lipinski definition) is 6. The molecule has 1 amide bonds. The number of amides is 1. The Bertz CT molecular complexity index is 1320. The van der Waals surface area contributed by atoms with Crippen LogP contribution in [0, 0.1) is 16.7 Å². The van der Waals surface area contributed by atoms with E-state index in [1.165, 1.54) is 16.4 Å². The van der Waals surface area contributed by atoms with Gasteiger partial charge in [0.05, 0.1) is 22.0 Å². The van der Waals surface area contributed by atoms with Gasteiger partial charge in [-0.2, -0.15) is 0 Å². The Morgan fingerprint density at radius 3 is 2.33 bits per heavy atom. The highest BCUT2D eigenvalue weighted by molar-refractivity contribution is 7.92. The van der Waals surface area contributed by atoms with Gasteiger partial charge in [0.2, 0.25) is 5.91 Å². The highest BCUT2D eigenvalue weighted by Crippen LogP contribution is 2.44. The molecular weight excluding hydrogens is 512 g/mol. The summed E-state index contributed by atoms with van der Waals surface area (Å²) in [6, 6.07) is 11.9. The molecule has 1 saturated carbocycles. The second kappa shape index (κ2) is 11.3. The maximum atomic E-state index is 13.5.